The van der Waals surface area contributed by atoms with Gasteiger partial charge in [0.1, 0.15) is 10.9 Å². The van der Waals surface area contributed by atoms with Gasteiger partial charge in [-0.2, -0.15) is 0 Å². The van der Waals surface area contributed by atoms with E-state index in [4.69, 9.17) is 26.8 Å². The molecule has 1 N–H and O–H groups in total. The molecule has 2 aliphatic rings. The summed E-state index contributed by atoms with van der Waals surface area (Å²) >= 11 is 6.22. The van der Waals surface area contributed by atoms with Gasteiger partial charge >= 0.3 is 5.97 Å². The third kappa shape index (κ3) is 5.73. The van der Waals surface area contributed by atoms with Crippen LogP contribution in [-0.4, -0.2) is 46.5 Å². The molecule has 29 heavy (non-hydrogen) atoms. The Labute approximate surface area is 180 Å². The van der Waals surface area contributed by atoms with Crippen molar-refractivity contribution in [1.82, 2.24) is 4.90 Å². The fourth-order valence-corrected chi connectivity index (χ4v) is 4.88. The van der Waals surface area contributed by atoms with Crippen LogP contribution in [-0.2, 0) is 9.59 Å². The summed E-state index contributed by atoms with van der Waals surface area (Å²) in [6.07, 6.45) is 9.32. The zero-order valence-electron chi connectivity index (χ0n) is 16.4. The molecule has 1 heterocycles. The minimum absolute atomic E-state index is 0.248. The molecule has 2 fully saturated rings. The highest BCUT2D eigenvalue weighted by Crippen LogP contribution is 2.35. The minimum Gasteiger partial charge on any atom is -0.493 e. The second-order valence-electron chi connectivity index (χ2n) is 7.21. The van der Waals surface area contributed by atoms with E-state index in [2.05, 4.69) is 0 Å². The van der Waals surface area contributed by atoms with Crippen LogP contribution in [0.2, 0.25) is 0 Å². The van der Waals surface area contributed by atoms with Crippen molar-refractivity contribution in [2.24, 2.45) is 5.92 Å². The van der Waals surface area contributed by atoms with E-state index in [-0.39, 0.29) is 4.32 Å². The highest BCUT2D eigenvalue weighted by atomic mass is 32.2. The van der Waals surface area contributed by atoms with Gasteiger partial charge < -0.3 is 14.6 Å². The summed E-state index contributed by atoms with van der Waals surface area (Å²) in [6.45, 7) is 0.229. The number of hydrogen-bond donors (Lipinski definition) is 1. The number of ether oxygens (including phenoxy) is 2. The van der Waals surface area contributed by atoms with Gasteiger partial charge in [-0.05, 0) is 36.1 Å². The molecule has 1 amide bonds. The molecule has 0 atom stereocenters. The topological polar surface area (TPSA) is 76.1 Å². The second-order valence-corrected chi connectivity index (χ2v) is 8.89. The number of carbonyl (C=O) groups is 2. The molecule has 0 aromatic heterocycles. The summed E-state index contributed by atoms with van der Waals surface area (Å²) in [6, 6.07) is 5.49. The van der Waals surface area contributed by atoms with E-state index < -0.39 is 18.4 Å². The van der Waals surface area contributed by atoms with Gasteiger partial charge in [0.2, 0.25) is 0 Å². The molecule has 0 radical (unpaired) electrons. The molecule has 1 aliphatic carbocycles. The molecule has 6 nitrogen and oxygen atoms in total. The molecule has 3 rings (SSSR count). The highest BCUT2D eigenvalue weighted by Gasteiger charge is 2.33. The number of benzene rings is 1. The normalized spacial score (nSPS) is 19.1. The molecule has 1 saturated heterocycles. The molecular formula is C21H25NO5S2. The predicted molar refractivity (Wildman–Crippen MR) is 117 cm³/mol. The van der Waals surface area contributed by atoms with Crippen LogP contribution in [0.3, 0.4) is 0 Å². The molecule has 0 bridgehead atoms. The first kappa shape index (κ1) is 21.6. The van der Waals surface area contributed by atoms with Crippen molar-refractivity contribution in [2.45, 2.75) is 38.5 Å². The first-order chi connectivity index (χ1) is 14.0. The molecule has 1 aromatic rings. The quantitative estimate of drug-likeness (QED) is 0.481. The average molecular weight is 436 g/mol. The summed E-state index contributed by atoms with van der Waals surface area (Å²) in [5.74, 6) is 0.539. The van der Waals surface area contributed by atoms with E-state index in [0.717, 1.165) is 34.6 Å². The van der Waals surface area contributed by atoms with E-state index in [1.54, 1.807) is 19.3 Å². The Hall–Kier alpha value is -2.06. The summed E-state index contributed by atoms with van der Waals surface area (Å²) in [5.41, 5.74) is 0.761. The van der Waals surface area contributed by atoms with Crippen LogP contribution in [0.5, 0.6) is 11.5 Å². The molecule has 1 saturated carbocycles. The first-order valence-electron chi connectivity index (χ1n) is 9.76. The maximum Gasteiger partial charge on any atom is 0.323 e. The lowest BCUT2D eigenvalue weighted by Crippen LogP contribution is -2.33. The summed E-state index contributed by atoms with van der Waals surface area (Å²) in [5, 5.41) is 8.93. The predicted octanol–water partition coefficient (Wildman–Crippen LogP) is 4.33. The van der Waals surface area contributed by atoms with Crippen molar-refractivity contribution >= 4 is 46.3 Å². The van der Waals surface area contributed by atoms with Crippen LogP contribution < -0.4 is 9.47 Å². The van der Waals surface area contributed by atoms with Crippen molar-refractivity contribution in [1.29, 1.82) is 0 Å². The molecular weight excluding hydrogens is 410 g/mol. The number of carboxylic acids is 1. The Bertz CT molecular complexity index is 817. The largest absolute Gasteiger partial charge is 0.493 e. The summed E-state index contributed by atoms with van der Waals surface area (Å²) in [4.78, 5) is 24.8. The summed E-state index contributed by atoms with van der Waals surface area (Å²) in [7, 11) is 1.58. The van der Waals surface area contributed by atoms with E-state index in [1.807, 2.05) is 12.1 Å². The van der Waals surface area contributed by atoms with E-state index in [0.29, 0.717) is 23.0 Å². The van der Waals surface area contributed by atoms with Gasteiger partial charge in [-0.1, -0.05) is 62.2 Å². The highest BCUT2D eigenvalue weighted by molar-refractivity contribution is 8.26. The molecule has 0 spiro atoms. The minimum atomic E-state index is -1.10. The van der Waals surface area contributed by atoms with Crippen LogP contribution in [0.15, 0.2) is 23.1 Å². The number of amides is 1. The van der Waals surface area contributed by atoms with E-state index >= 15 is 0 Å². The Morgan fingerprint density at radius 2 is 2.07 bits per heavy atom. The van der Waals surface area contributed by atoms with Crippen LogP contribution >= 0.6 is 24.0 Å². The zero-order chi connectivity index (χ0) is 20.8. The van der Waals surface area contributed by atoms with Gasteiger partial charge in [-0.25, -0.2) is 0 Å². The van der Waals surface area contributed by atoms with Crippen LogP contribution in [0.4, 0.5) is 0 Å². The van der Waals surface area contributed by atoms with Gasteiger partial charge in [0.25, 0.3) is 5.91 Å². The van der Waals surface area contributed by atoms with Crippen molar-refractivity contribution in [3.05, 3.63) is 28.7 Å². The Morgan fingerprint density at radius 1 is 1.31 bits per heavy atom. The van der Waals surface area contributed by atoms with Crippen molar-refractivity contribution in [3.8, 4) is 11.5 Å². The number of aliphatic carboxylic acids is 1. The Kier molecular flexibility index (Phi) is 7.55. The van der Waals surface area contributed by atoms with E-state index in [9.17, 15) is 9.59 Å². The molecule has 8 heteroatoms. The van der Waals surface area contributed by atoms with Crippen molar-refractivity contribution < 1.29 is 24.2 Å². The van der Waals surface area contributed by atoms with E-state index in [1.165, 1.54) is 32.1 Å². The second kappa shape index (κ2) is 10.1. The molecule has 1 aromatic carbocycles. The van der Waals surface area contributed by atoms with Gasteiger partial charge in [0.15, 0.2) is 11.5 Å². The van der Waals surface area contributed by atoms with Crippen molar-refractivity contribution in [2.75, 3.05) is 20.3 Å². The SMILES string of the molecule is COc1cc(C=C2SC(=S)N(CC(=O)O)C2=O)ccc1OCCC1CCCCC1. The number of thiocarbonyl (C=S) groups is 1. The Balaban J connectivity index is 1.65. The summed E-state index contributed by atoms with van der Waals surface area (Å²) < 4.78 is 11.6. The number of nitrogens with zero attached hydrogens (tertiary/aromatic N) is 1. The van der Waals surface area contributed by atoms with Crippen LogP contribution in [0.25, 0.3) is 6.08 Å². The van der Waals surface area contributed by atoms with Gasteiger partial charge in [0.05, 0.1) is 18.6 Å². The lowest BCUT2D eigenvalue weighted by molar-refractivity contribution is -0.140. The fourth-order valence-electron chi connectivity index (χ4n) is 3.63. The maximum atomic E-state index is 12.4. The third-order valence-corrected chi connectivity index (χ3v) is 6.54. The fraction of sp³-hybridized carbons (Fsp3) is 0.476. The van der Waals surface area contributed by atoms with Gasteiger partial charge in [-0.3, -0.25) is 14.5 Å². The maximum absolute atomic E-state index is 12.4. The third-order valence-electron chi connectivity index (χ3n) is 5.16. The van der Waals surface area contributed by atoms with Crippen molar-refractivity contribution in [3.63, 3.8) is 0 Å². The van der Waals surface area contributed by atoms with Crippen LogP contribution in [0, 0.1) is 5.92 Å². The Morgan fingerprint density at radius 3 is 2.76 bits per heavy atom. The monoisotopic (exact) mass is 435 g/mol. The number of rotatable bonds is 8. The zero-order valence-corrected chi connectivity index (χ0v) is 18.0. The number of thioether (sulfide) groups is 1. The molecule has 156 valence electrons. The molecule has 1 aliphatic heterocycles. The lowest BCUT2D eigenvalue weighted by atomic mass is 9.87. The number of carboxylic acid groups (broad SMARTS) is 1. The van der Waals surface area contributed by atoms with Gasteiger partial charge in [-0.15, -0.1) is 0 Å². The average Bonchev–Trinajstić information content (AvgIpc) is 2.96. The first-order valence-corrected chi connectivity index (χ1v) is 11.0. The number of methoxy groups -OCH3 is 1. The number of hydrogen-bond acceptors (Lipinski definition) is 6. The number of carbonyl (C=O) groups excluding carboxylic acids is 1. The standard InChI is InChI=1S/C21H25NO5S2/c1-26-17-11-15(12-18-20(25)22(13-19(23)24)21(28)29-18)7-8-16(17)27-10-9-14-5-3-2-4-6-14/h7-8,11-12,14H,2-6,9-10,13H2,1H3,(H,23,24). The molecule has 0 unspecified atom stereocenters. The van der Waals surface area contributed by atoms with Gasteiger partial charge in [0, 0.05) is 0 Å². The van der Waals surface area contributed by atoms with Crippen LogP contribution in [0.1, 0.15) is 44.1 Å². The lowest BCUT2D eigenvalue weighted by Gasteiger charge is -2.21. The smallest absolute Gasteiger partial charge is 0.323 e.